The van der Waals surface area contributed by atoms with E-state index in [1.165, 1.54) is 0 Å². The van der Waals surface area contributed by atoms with Crippen LogP contribution in [0.2, 0.25) is 10.0 Å². The number of benzene rings is 2. The van der Waals surface area contributed by atoms with Crippen LogP contribution in [-0.2, 0) is 5.88 Å². The predicted molar refractivity (Wildman–Crippen MR) is 77.3 cm³/mol. The second-order valence-electron chi connectivity index (χ2n) is 3.91. The number of halogens is 3. The topological polar surface area (TPSA) is 9.23 Å². The second-order valence-corrected chi connectivity index (χ2v) is 5.02. The zero-order valence-electron chi connectivity index (χ0n) is 9.71. The summed E-state index contributed by atoms with van der Waals surface area (Å²) in [7, 11) is 0. The lowest BCUT2D eigenvalue weighted by molar-refractivity contribution is 0.478. The summed E-state index contributed by atoms with van der Waals surface area (Å²) in [6.45, 7) is 1.96. The molecule has 0 heterocycles. The fraction of sp³-hybridized carbons (Fsp3) is 0.143. The van der Waals surface area contributed by atoms with Crippen molar-refractivity contribution in [1.29, 1.82) is 0 Å². The molecule has 0 unspecified atom stereocenters. The summed E-state index contributed by atoms with van der Waals surface area (Å²) in [4.78, 5) is 0. The Morgan fingerprint density at radius 1 is 1.00 bits per heavy atom. The highest BCUT2D eigenvalue weighted by Gasteiger charge is 2.07. The lowest BCUT2D eigenvalue weighted by Gasteiger charge is -2.11. The second kappa shape index (κ2) is 5.83. The highest BCUT2D eigenvalue weighted by Crippen LogP contribution is 2.33. The van der Waals surface area contributed by atoms with E-state index in [1.54, 1.807) is 18.2 Å². The first-order valence-electron chi connectivity index (χ1n) is 5.38. The van der Waals surface area contributed by atoms with Crippen LogP contribution in [0.1, 0.15) is 11.1 Å². The maximum Gasteiger partial charge on any atom is 0.147 e. The first-order chi connectivity index (χ1) is 8.60. The van der Waals surface area contributed by atoms with Gasteiger partial charge in [-0.15, -0.1) is 11.6 Å². The molecule has 0 saturated carbocycles. The lowest BCUT2D eigenvalue weighted by Crippen LogP contribution is -1.90. The van der Waals surface area contributed by atoms with Crippen molar-refractivity contribution in [3.05, 3.63) is 57.6 Å². The first kappa shape index (κ1) is 13.5. The molecule has 2 rings (SSSR count). The Balaban J connectivity index is 2.36. The molecule has 2 aromatic rings. The number of hydrogen-bond acceptors (Lipinski definition) is 1. The molecule has 0 aliphatic heterocycles. The Hall–Kier alpha value is -0.890. The van der Waals surface area contributed by atoms with E-state index in [0.29, 0.717) is 21.7 Å². The molecule has 0 spiro atoms. The van der Waals surface area contributed by atoms with Gasteiger partial charge in [0.15, 0.2) is 0 Å². The van der Waals surface area contributed by atoms with Crippen LogP contribution in [0.4, 0.5) is 0 Å². The molecule has 0 aromatic heterocycles. The van der Waals surface area contributed by atoms with Crippen LogP contribution in [0.15, 0.2) is 36.4 Å². The van der Waals surface area contributed by atoms with E-state index < -0.39 is 0 Å². The molecular formula is C14H11Cl3O. The van der Waals surface area contributed by atoms with Crippen molar-refractivity contribution < 1.29 is 4.74 Å². The van der Waals surface area contributed by atoms with E-state index in [4.69, 9.17) is 39.5 Å². The molecule has 2 aromatic carbocycles. The molecule has 4 heteroatoms. The standard InChI is InChI=1S/C14H11Cl3O/c1-9-2-3-10(8-15)6-13(9)18-14-7-11(16)4-5-12(14)17/h2-7H,8H2,1H3. The van der Waals surface area contributed by atoms with Gasteiger partial charge < -0.3 is 4.74 Å². The first-order valence-corrected chi connectivity index (χ1v) is 6.67. The van der Waals surface area contributed by atoms with Crippen LogP contribution in [0.25, 0.3) is 0 Å². The number of aryl methyl sites for hydroxylation is 1. The Bertz CT molecular complexity index is 567. The van der Waals surface area contributed by atoms with Crippen LogP contribution >= 0.6 is 34.8 Å². The smallest absolute Gasteiger partial charge is 0.147 e. The number of ether oxygens (including phenoxy) is 1. The van der Waals surface area contributed by atoms with Gasteiger partial charge in [-0.3, -0.25) is 0 Å². The molecule has 0 radical (unpaired) electrons. The van der Waals surface area contributed by atoms with Crippen molar-refractivity contribution in [2.45, 2.75) is 12.8 Å². The zero-order chi connectivity index (χ0) is 13.1. The van der Waals surface area contributed by atoms with E-state index in [9.17, 15) is 0 Å². The van der Waals surface area contributed by atoms with Crippen LogP contribution in [0, 0.1) is 6.92 Å². The van der Waals surface area contributed by atoms with Gasteiger partial charge in [0.25, 0.3) is 0 Å². The Labute approximate surface area is 121 Å². The highest BCUT2D eigenvalue weighted by molar-refractivity contribution is 6.34. The van der Waals surface area contributed by atoms with Gasteiger partial charge in [0.2, 0.25) is 0 Å². The van der Waals surface area contributed by atoms with Crippen LogP contribution in [0.3, 0.4) is 0 Å². The van der Waals surface area contributed by atoms with Crippen LogP contribution in [-0.4, -0.2) is 0 Å². The van der Waals surface area contributed by atoms with Crippen molar-refractivity contribution >= 4 is 34.8 Å². The summed E-state index contributed by atoms with van der Waals surface area (Å²) in [5.74, 6) is 1.72. The largest absolute Gasteiger partial charge is 0.455 e. The molecule has 18 heavy (non-hydrogen) atoms. The minimum absolute atomic E-state index is 0.444. The third-order valence-electron chi connectivity index (χ3n) is 2.52. The highest BCUT2D eigenvalue weighted by atomic mass is 35.5. The quantitative estimate of drug-likeness (QED) is 0.648. The van der Waals surface area contributed by atoms with Gasteiger partial charge in [-0.2, -0.15) is 0 Å². The molecule has 0 amide bonds. The average molecular weight is 302 g/mol. The minimum Gasteiger partial charge on any atom is -0.455 e. The molecule has 0 atom stereocenters. The zero-order valence-corrected chi connectivity index (χ0v) is 12.0. The Morgan fingerprint density at radius 2 is 1.78 bits per heavy atom. The maximum atomic E-state index is 6.06. The van der Waals surface area contributed by atoms with E-state index in [2.05, 4.69) is 0 Å². The summed E-state index contributed by atoms with van der Waals surface area (Å²) in [6, 6.07) is 11.0. The number of alkyl halides is 1. The summed E-state index contributed by atoms with van der Waals surface area (Å²) in [5.41, 5.74) is 2.01. The average Bonchev–Trinajstić information content (AvgIpc) is 2.36. The molecule has 0 aliphatic rings. The maximum absolute atomic E-state index is 6.06. The van der Waals surface area contributed by atoms with Gasteiger partial charge in [-0.05, 0) is 36.2 Å². The van der Waals surface area contributed by atoms with Gasteiger partial charge in [-0.1, -0.05) is 35.3 Å². The van der Waals surface area contributed by atoms with E-state index in [-0.39, 0.29) is 0 Å². The summed E-state index contributed by atoms with van der Waals surface area (Å²) in [5, 5.41) is 1.11. The van der Waals surface area contributed by atoms with E-state index >= 15 is 0 Å². The molecule has 94 valence electrons. The van der Waals surface area contributed by atoms with Gasteiger partial charge in [-0.25, -0.2) is 0 Å². The fourth-order valence-electron chi connectivity index (χ4n) is 1.51. The van der Waals surface area contributed by atoms with Gasteiger partial charge in [0.05, 0.1) is 5.02 Å². The summed E-state index contributed by atoms with van der Waals surface area (Å²) >= 11 is 17.8. The molecule has 0 N–H and O–H groups in total. The van der Waals surface area contributed by atoms with Crippen molar-refractivity contribution in [3.8, 4) is 11.5 Å². The minimum atomic E-state index is 0.444. The van der Waals surface area contributed by atoms with Crippen LogP contribution < -0.4 is 4.74 Å². The number of rotatable bonds is 3. The molecule has 0 aliphatic carbocycles. The van der Waals surface area contributed by atoms with E-state index in [0.717, 1.165) is 16.9 Å². The van der Waals surface area contributed by atoms with Crippen LogP contribution in [0.5, 0.6) is 11.5 Å². The molecular weight excluding hydrogens is 291 g/mol. The SMILES string of the molecule is Cc1ccc(CCl)cc1Oc1cc(Cl)ccc1Cl. The van der Waals surface area contributed by atoms with Crippen molar-refractivity contribution in [1.82, 2.24) is 0 Å². The Kier molecular flexibility index (Phi) is 4.39. The van der Waals surface area contributed by atoms with Crippen molar-refractivity contribution in [3.63, 3.8) is 0 Å². The van der Waals surface area contributed by atoms with E-state index in [1.807, 2.05) is 25.1 Å². The van der Waals surface area contributed by atoms with Gasteiger partial charge in [0.1, 0.15) is 11.5 Å². The lowest BCUT2D eigenvalue weighted by atomic mass is 10.1. The normalized spacial score (nSPS) is 10.4. The predicted octanol–water partition coefficient (Wildman–Crippen LogP) is 5.83. The third-order valence-corrected chi connectivity index (χ3v) is 3.38. The monoisotopic (exact) mass is 300 g/mol. The number of hydrogen-bond donors (Lipinski definition) is 0. The molecule has 0 fully saturated rings. The summed E-state index contributed by atoms with van der Waals surface area (Å²) in [6.07, 6.45) is 0. The third kappa shape index (κ3) is 3.11. The molecule has 1 nitrogen and oxygen atoms in total. The molecule has 0 bridgehead atoms. The Morgan fingerprint density at radius 3 is 2.50 bits per heavy atom. The van der Waals surface area contributed by atoms with Crippen molar-refractivity contribution in [2.75, 3.05) is 0 Å². The van der Waals surface area contributed by atoms with Gasteiger partial charge >= 0.3 is 0 Å². The van der Waals surface area contributed by atoms with Crippen molar-refractivity contribution in [2.24, 2.45) is 0 Å². The summed E-state index contributed by atoms with van der Waals surface area (Å²) < 4.78 is 5.79. The fourth-order valence-corrected chi connectivity index (χ4v) is 2.00. The molecule has 0 saturated heterocycles. The van der Waals surface area contributed by atoms with Gasteiger partial charge in [0, 0.05) is 17.0 Å².